The maximum absolute atomic E-state index is 14.7. The van der Waals surface area contributed by atoms with Crippen LogP contribution < -0.4 is 0 Å². The van der Waals surface area contributed by atoms with Gasteiger partial charge in [0.1, 0.15) is 0 Å². The fourth-order valence-electron chi connectivity index (χ4n) is 4.25. The number of pyridine rings is 1. The van der Waals surface area contributed by atoms with Crippen LogP contribution in [0.15, 0.2) is 17.5 Å². The highest BCUT2D eigenvalue weighted by Gasteiger charge is 2.41. The topological polar surface area (TPSA) is 68.2 Å². The molecule has 5 rings (SSSR count). The molecule has 5 heterocycles. The number of thiazole rings is 2. The van der Waals surface area contributed by atoms with Gasteiger partial charge >= 0.3 is 0 Å². The number of hydrogen-bond acceptors (Lipinski definition) is 7. The summed E-state index contributed by atoms with van der Waals surface area (Å²) in [4.78, 5) is 29.0. The van der Waals surface area contributed by atoms with Gasteiger partial charge in [0.15, 0.2) is 0 Å². The van der Waals surface area contributed by atoms with Crippen LogP contribution in [0.1, 0.15) is 44.6 Å². The monoisotopic (exact) mass is 444 g/mol. The average molecular weight is 445 g/mol. The normalized spacial score (nSPS) is 20.7. The van der Waals surface area contributed by atoms with Crippen molar-refractivity contribution in [3.63, 3.8) is 0 Å². The quantitative estimate of drug-likeness (QED) is 0.569. The van der Waals surface area contributed by atoms with Crippen molar-refractivity contribution < 1.29 is 13.9 Å². The Balaban J connectivity index is 1.33. The first-order chi connectivity index (χ1) is 14.5. The molecule has 0 aliphatic carbocycles. The van der Waals surface area contributed by atoms with Gasteiger partial charge in [0.2, 0.25) is 5.95 Å². The zero-order chi connectivity index (χ0) is 20.8. The summed E-state index contributed by atoms with van der Waals surface area (Å²) >= 11 is 3.14. The number of fused-ring (bicyclic) bond motifs is 2. The molecule has 3 aromatic heterocycles. The van der Waals surface area contributed by atoms with E-state index in [1.165, 1.54) is 11.3 Å². The molecule has 1 amide bonds. The summed E-state index contributed by atoms with van der Waals surface area (Å²) in [6.07, 6.45) is 2.25. The fraction of sp³-hybridized carbons (Fsp3) is 0.429. The van der Waals surface area contributed by atoms with E-state index in [0.717, 1.165) is 39.1 Å². The van der Waals surface area contributed by atoms with E-state index in [2.05, 4.69) is 15.0 Å². The van der Waals surface area contributed by atoms with Crippen molar-refractivity contribution in [1.29, 1.82) is 0 Å². The Morgan fingerprint density at radius 3 is 2.63 bits per heavy atom. The summed E-state index contributed by atoms with van der Waals surface area (Å²) in [5.41, 5.74) is 2.46. The smallest absolute Gasteiger partial charge is 0.259 e. The molecule has 9 heteroatoms. The van der Waals surface area contributed by atoms with Gasteiger partial charge < -0.3 is 9.64 Å². The van der Waals surface area contributed by atoms with Crippen LogP contribution in [0.5, 0.6) is 0 Å². The Morgan fingerprint density at radius 2 is 1.97 bits per heavy atom. The number of carbonyl (C=O) groups excluding carboxylic acids is 1. The Kier molecular flexibility index (Phi) is 5.12. The second-order valence-electron chi connectivity index (χ2n) is 7.73. The second kappa shape index (κ2) is 7.79. The van der Waals surface area contributed by atoms with Gasteiger partial charge in [-0.25, -0.2) is 15.0 Å². The molecular weight excluding hydrogens is 423 g/mol. The Morgan fingerprint density at radius 1 is 1.20 bits per heavy atom. The lowest BCUT2D eigenvalue weighted by atomic mass is 10.1. The van der Waals surface area contributed by atoms with E-state index in [1.807, 2.05) is 19.2 Å². The highest BCUT2D eigenvalue weighted by atomic mass is 32.1. The molecule has 2 saturated heterocycles. The van der Waals surface area contributed by atoms with Crippen LogP contribution in [-0.4, -0.2) is 51.1 Å². The summed E-state index contributed by atoms with van der Waals surface area (Å²) in [6.45, 7) is 5.01. The van der Waals surface area contributed by atoms with Gasteiger partial charge in [0.05, 0.1) is 62.8 Å². The van der Waals surface area contributed by atoms with E-state index in [1.54, 1.807) is 28.4 Å². The van der Waals surface area contributed by atoms with Gasteiger partial charge in [-0.2, -0.15) is 4.39 Å². The number of aromatic nitrogens is 3. The van der Waals surface area contributed by atoms with Gasteiger partial charge in [-0.1, -0.05) is 0 Å². The molecule has 0 aromatic carbocycles. The Bertz CT molecular complexity index is 1100. The SMILES string of the molecule is Cc1nc(C)c(-c2csc(Cc3ccc(C(=O)N4[C@@H]5CC[C@H]4COC5)c(F)n3)n2)s1. The maximum Gasteiger partial charge on any atom is 0.259 e. The van der Waals surface area contributed by atoms with Crippen LogP contribution in [-0.2, 0) is 11.2 Å². The minimum atomic E-state index is -0.714. The molecule has 0 radical (unpaired) electrons. The Hall–Kier alpha value is -2.23. The number of amides is 1. The lowest BCUT2D eigenvalue weighted by Gasteiger charge is -2.34. The standard InChI is InChI=1S/C21H21FN4O2S2/c1-11-19(30-12(2)23-11)17-10-29-18(25-17)7-13-3-6-16(20(22)24-13)21(27)26-14-4-5-15(26)9-28-8-14/h3,6,10,14-15H,4-5,7-9H2,1-2H3/t14-,15+. The molecule has 2 fully saturated rings. The van der Waals surface area contributed by atoms with Crippen molar-refractivity contribution in [3.05, 3.63) is 50.4 Å². The third-order valence-electron chi connectivity index (χ3n) is 5.63. The van der Waals surface area contributed by atoms with Crippen LogP contribution in [0, 0.1) is 19.8 Å². The number of ether oxygens (including phenoxy) is 1. The number of nitrogens with zero attached hydrogens (tertiary/aromatic N) is 4. The summed E-state index contributed by atoms with van der Waals surface area (Å²) in [5.74, 6) is -0.996. The number of carbonyl (C=O) groups is 1. The molecule has 2 atom stereocenters. The predicted octanol–water partition coefficient (Wildman–Crippen LogP) is 4.01. The number of halogens is 1. The molecule has 156 valence electrons. The highest BCUT2D eigenvalue weighted by molar-refractivity contribution is 7.15. The zero-order valence-electron chi connectivity index (χ0n) is 16.7. The van der Waals surface area contributed by atoms with Crippen LogP contribution in [0.2, 0.25) is 0 Å². The summed E-state index contributed by atoms with van der Waals surface area (Å²) in [5, 5.41) is 3.86. The first kappa shape index (κ1) is 19.7. The Labute approximate surface area is 181 Å². The zero-order valence-corrected chi connectivity index (χ0v) is 18.4. The molecular formula is C21H21FN4O2S2. The third kappa shape index (κ3) is 3.55. The molecule has 30 heavy (non-hydrogen) atoms. The predicted molar refractivity (Wildman–Crippen MR) is 113 cm³/mol. The van der Waals surface area contributed by atoms with E-state index in [0.29, 0.717) is 25.3 Å². The van der Waals surface area contributed by atoms with Crippen molar-refractivity contribution in [3.8, 4) is 10.6 Å². The highest BCUT2D eigenvalue weighted by Crippen LogP contribution is 2.32. The van der Waals surface area contributed by atoms with E-state index < -0.39 is 5.95 Å². The third-order valence-corrected chi connectivity index (χ3v) is 7.58. The van der Waals surface area contributed by atoms with Crippen molar-refractivity contribution in [2.75, 3.05) is 13.2 Å². The second-order valence-corrected chi connectivity index (χ2v) is 9.87. The first-order valence-electron chi connectivity index (χ1n) is 9.94. The fourth-order valence-corrected chi connectivity index (χ4v) is 6.00. The van der Waals surface area contributed by atoms with Gasteiger partial charge in [-0.15, -0.1) is 22.7 Å². The molecule has 0 N–H and O–H groups in total. The lowest BCUT2D eigenvalue weighted by Crippen LogP contribution is -2.49. The first-order valence-corrected chi connectivity index (χ1v) is 11.6. The van der Waals surface area contributed by atoms with Crippen molar-refractivity contribution in [2.24, 2.45) is 0 Å². The van der Waals surface area contributed by atoms with E-state index in [9.17, 15) is 9.18 Å². The number of morpholine rings is 1. The largest absolute Gasteiger partial charge is 0.377 e. The van der Waals surface area contributed by atoms with Gasteiger partial charge in [0.25, 0.3) is 5.91 Å². The van der Waals surface area contributed by atoms with Crippen LogP contribution >= 0.6 is 22.7 Å². The number of hydrogen-bond donors (Lipinski definition) is 0. The summed E-state index contributed by atoms with van der Waals surface area (Å²) in [7, 11) is 0. The average Bonchev–Trinajstić information content (AvgIpc) is 3.37. The van der Waals surface area contributed by atoms with E-state index in [4.69, 9.17) is 4.74 Å². The molecule has 0 saturated carbocycles. The molecule has 0 unspecified atom stereocenters. The van der Waals surface area contributed by atoms with Crippen molar-refractivity contribution >= 4 is 28.6 Å². The van der Waals surface area contributed by atoms with Gasteiger partial charge in [-0.05, 0) is 38.8 Å². The minimum Gasteiger partial charge on any atom is -0.377 e. The number of rotatable bonds is 4. The maximum atomic E-state index is 14.7. The van der Waals surface area contributed by atoms with E-state index in [-0.39, 0.29) is 23.6 Å². The molecule has 0 spiro atoms. The van der Waals surface area contributed by atoms with Gasteiger partial charge in [-0.3, -0.25) is 4.79 Å². The molecule has 6 nitrogen and oxygen atoms in total. The molecule has 2 aliphatic rings. The molecule has 3 aromatic rings. The van der Waals surface area contributed by atoms with Crippen LogP contribution in [0.3, 0.4) is 0 Å². The summed E-state index contributed by atoms with van der Waals surface area (Å²) in [6, 6.07) is 3.37. The number of aryl methyl sites for hydroxylation is 2. The van der Waals surface area contributed by atoms with Crippen molar-refractivity contribution in [2.45, 2.75) is 45.2 Å². The van der Waals surface area contributed by atoms with E-state index >= 15 is 0 Å². The van der Waals surface area contributed by atoms with Crippen molar-refractivity contribution in [1.82, 2.24) is 19.9 Å². The minimum absolute atomic E-state index is 0.0353. The van der Waals surface area contributed by atoms with Crippen LogP contribution in [0.4, 0.5) is 4.39 Å². The molecule has 2 bridgehead atoms. The van der Waals surface area contributed by atoms with Gasteiger partial charge in [0, 0.05) is 11.8 Å². The lowest BCUT2D eigenvalue weighted by molar-refractivity contribution is -0.00743. The van der Waals surface area contributed by atoms with Crippen LogP contribution in [0.25, 0.3) is 10.6 Å². The molecule has 2 aliphatic heterocycles. The summed E-state index contributed by atoms with van der Waals surface area (Å²) < 4.78 is 20.3.